The van der Waals surface area contributed by atoms with Crippen LogP contribution in [0.15, 0.2) is 58.9 Å². The number of anilines is 2. The van der Waals surface area contributed by atoms with Crippen molar-refractivity contribution in [1.29, 1.82) is 0 Å². The van der Waals surface area contributed by atoms with Gasteiger partial charge in [-0.15, -0.1) is 11.3 Å². The molecule has 1 aliphatic carbocycles. The van der Waals surface area contributed by atoms with Crippen molar-refractivity contribution in [2.24, 2.45) is 5.92 Å². The maximum atomic E-state index is 13.1. The van der Waals surface area contributed by atoms with E-state index in [9.17, 15) is 8.42 Å². The minimum atomic E-state index is -3.70. The fourth-order valence-corrected chi connectivity index (χ4v) is 6.83. The number of nitrogens with two attached hydrogens (primary N) is 1. The summed E-state index contributed by atoms with van der Waals surface area (Å²) in [5.41, 5.74) is 8.04. The number of aromatic nitrogens is 1. The van der Waals surface area contributed by atoms with Crippen molar-refractivity contribution in [2.75, 3.05) is 10.5 Å². The van der Waals surface area contributed by atoms with Crippen LogP contribution >= 0.6 is 11.3 Å². The molecule has 3 aromatic rings. The molecule has 1 fully saturated rings. The SMILES string of the molecule is C[C@@H](CC1CCCCC1)NCc1ccccc1NS(=O)(=O)c1ccc(-c2ccc(N)nc2)s1. The third kappa shape index (κ3) is 6.34. The van der Waals surface area contributed by atoms with Gasteiger partial charge in [-0.1, -0.05) is 50.3 Å². The van der Waals surface area contributed by atoms with Crippen molar-refractivity contribution < 1.29 is 8.42 Å². The van der Waals surface area contributed by atoms with Gasteiger partial charge < -0.3 is 11.1 Å². The molecule has 4 N–H and O–H groups in total. The number of thiophene rings is 1. The number of sulfonamides is 1. The highest BCUT2D eigenvalue weighted by Crippen LogP contribution is 2.32. The Balaban J connectivity index is 1.42. The van der Waals surface area contributed by atoms with E-state index in [0.29, 0.717) is 24.1 Å². The van der Waals surface area contributed by atoms with Crippen molar-refractivity contribution in [2.45, 2.75) is 62.2 Å². The van der Waals surface area contributed by atoms with Crippen molar-refractivity contribution in [3.63, 3.8) is 0 Å². The van der Waals surface area contributed by atoms with Crippen LogP contribution in [-0.4, -0.2) is 19.4 Å². The lowest BCUT2D eigenvalue weighted by Gasteiger charge is -2.25. The number of nitrogen functional groups attached to an aromatic ring is 1. The zero-order chi connectivity index (χ0) is 23.3. The zero-order valence-electron chi connectivity index (χ0n) is 19.0. The first-order valence-electron chi connectivity index (χ1n) is 11.6. The molecule has 2 heterocycles. The molecular weight excluding hydrogens is 452 g/mol. The summed E-state index contributed by atoms with van der Waals surface area (Å²) < 4.78 is 29.2. The Morgan fingerprint density at radius 1 is 1.09 bits per heavy atom. The molecule has 1 aromatic carbocycles. The molecule has 0 radical (unpaired) electrons. The van der Waals surface area contributed by atoms with Gasteiger partial charge in [0.25, 0.3) is 10.0 Å². The molecule has 0 saturated heterocycles. The lowest BCUT2D eigenvalue weighted by atomic mass is 9.85. The van der Waals surface area contributed by atoms with Gasteiger partial charge in [-0.05, 0) is 55.2 Å². The van der Waals surface area contributed by atoms with Crippen LogP contribution in [0.25, 0.3) is 10.4 Å². The van der Waals surface area contributed by atoms with Crippen LogP contribution in [0.5, 0.6) is 0 Å². The normalized spacial score (nSPS) is 15.9. The minimum absolute atomic E-state index is 0.266. The number of para-hydroxylation sites is 1. The molecular formula is C25H32N4O2S2. The molecule has 33 heavy (non-hydrogen) atoms. The van der Waals surface area contributed by atoms with E-state index in [1.54, 1.807) is 24.4 Å². The first-order valence-corrected chi connectivity index (χ1v) is 13.9. The average molecular weight is 485 g/mol. The number of hydrogen-bond acceptors (Lipinski definition) is 6. The summed E-state index contributed by atoms with van der Waals surface area (Å²) >= 11 is 1.21. The van der Waals surface area contributed by atoms with Crippen molar-refractivity contribution in [3.8, 4) is 10.4 Å². The molecule has 2 aromatic heterocycles. The van der Waals surface area contributed by atoms with E-state index in [-0.39, 0.29) is 4.21 Å². The Kier molecular flexibility index (Phi) is 7.67. The molecule has 0 spiro atoms. The molecule has 0 bridgehead atoms. The second-order valence-corrected chi connectivity index (χ2v) is 11.9. The van der Waals surface area contributed by atoms with Crippen molar-refractivity contribution in [3.05, 3.63) is 60.3 Å². The standard InChI is InChI=1S/C25H32N4O2S2/c1-18(15-19-7-3-2-4-8-19)27-16-20-9-5-6-10-22(20)29-33(30,31)25-14-12-23(32-25)21-11-13-24(26)28-17-21/h5-6,9-14,17-19,27,29H,2-4,7-8,15-16H2,1H3,(H2,26,28)/t18-/m0/s1. The van der Waals surface area contributed by atoms with Crippen molar-refractivity contribution in [1.82, 2.24) is 10.3 Å². The molecule has 0 unspecified atom stereocenters. The van der Waals surface area contributed by atoms with E-state index >= 15 is 0 Å². The van der Waals surface area contributed by atoms with Gasteiger partial charge in [-0.25, -0.2) is 13.4 Å². The second kappa shape index (κ2) is 10.7. The summed E-state index contributed by atoms with van der Waals surface area (Å²) in [5.74, 6) is 1.24. The van der Waals surface area contributed by atoms with Crippen LogP contribution in [0, 0.1) is 5.92 Å². The van der Waals surface area contributed by atoms with Crippen LogP contribution < -0.4 is 15.8 Å². The van der Waals surface area contributed by atoms with Gasteiger partial charge in [-0.2, -0.15) is 0 Å². The first kappa shape index (κ1) is 23.7. The highest BCUT2D eigenvalue weighted by molar-refractivity contribution is 7.94. The van der Waals surface area contributed by atoms with E-state index < -0.39 is 10.0 Å². The van der Waals surface area contributed by atoms with Gasteiger partial charge in [0.1, 0.15) is 10.0 Å². The molecule has 1 atom stereocenters. The summed E-state index contributed by atoms with van der Waals surface area (Å²) in [7, 11) is -3.70. The summed E-state index contributed by atoms with van der Waals surface area (Å²) in [6.45, 7) is 2.85. The van der Waals surface area contributed by atoms with E-state index in [2.05, 4.69) is 21.9 Å². The first-order chi connectivity index (χ1) is 15.9. The molecule has 1 aliphatic rings. The Morgan fingerprint density at radius 2 is 1.88 bits per heavy atom. The minimum Gasteiger partial charge on any atom is -0.384 e. The Morgan fingerprint density at radius 3 is 2.64 bits per heavy atom. The number of nitrogens with zero attached hydrogens (tertiary/aromatic N) is 1. The third-order valence-corrected chi connectivity index (χ3v) is 9.22. The van der Waals surface area contributed by atoms with Gasteiger partial charge in [0, 0.05) is 29.2 Å². The van der Waals surface area contributed by atoms with Gasteiger partial charge >= 0.3 is 0 Å². The van der Waals surface area contributed by atoms with Crippen LogP contribution in [0.4, 0.5) is 11.5 Å². The average Bonchev–Trinajstić information content (AvgIpc) is 3.31. The molecule has 8 heteroatoms. The fraction of sp³-hybridized carbons (Fsp3) is 0.400. The van der Waals surface area contributed by atoms with E-state index in [0.717, 1.165) is 21.9 Å². The van der Waals surface area contributed by atoms with Crippen LogP contribution in [0.2, 0.25) is 0 Å². The molecule has 176 valence electrons. The Labute approximate surface area is 200 Å². The summed E-state index contributed by atoms with van der Waals surface area (Å²) in [6.07, 6.45) is 9.55. The summed E-state index contributed by atoms with van der Waals surface area (Å²) in [5, 5.41) is 3.59. The molecule has 4 rings (SSSR count). The maximum absolute atomic E-state index is 13.1. The Hall–Kier alpha value is -2.42. The quantitative estimate of drug-likeness (QED) is 0.365. The highest BCUT2D eigenvalue weighted by atomic mass is 32.2. The molecule has 6 nitrogen and oxygen atoms in total. The van der Waals surface area contributed by atoms with Crippen LogP contribution in [0.3, 0.4) is 0 Å². The van der Waals surface area contributed by atoms with E-state index in [4.69, 9.17) is 5.73 Å². The Bertz CT molecular complexity index is 1150. The number of nitrogens with one attached hydrogen (secondary N) is 2. The lowest BCUT2D eigenvalue weighted by molar-refractivity contribution is 0.305. The van der Waals surface area contributed by atoms with Crippen LogP contribution in [0.1, 0.15) is 51.0 Å². The fourth-order valence-electron chi connectivity index (χ4n) is 4.43. The zero-order valence-corrected chi connectivity index (χ0v) is 20.6. The molecule has 1 saturated carbocycles. The summed E-state index contributed by atoms with van der Waals surface area (Å²) in [4.78, 5) is 4.92. The second-order valence-electron chi connectivity index (χ2n) is 8.87. The van der Waals surface area contributed by atoms with Gasteiger partial charge in [0.15, 0.2) is 0 Å². The monoisotopic (exact) mass is 484 g/mol. The maximum Gasteiger partial charge on any atom is 0.271 e. The van der Waals surface area contributed by atoms with E-state index in [1.807, 2.05) is 30.3 Å². The smallest absolute Gasteiger partial charge is 0.271 e. The van der Waals surface area contributed by atoms with E-state index in [1.165, 1.54) is 49.9 Å². The predicted molar refractivity (Wildman–Crippen MR) is 137 cm³/mol. The predicted octanol–water partition coefficient (Wildman–Crippen LogP) is 5.64. The van der Waals surface area contributed by atoms with Crippen LogP contribution in [-0.2, 0) is 16.6 Å². The van der Waals surface area contributed by atoms with Gasteiger partial charge in [-0.3, -0.25) is 4.72 Å². The number of hydrogen-bond donors (Lipinski definition) is 3. The van der Waals surface area contributed by atoms with Gasteiger partial charge in [0.2, 0.25) is 0 Å². The van der Waals surface area contributed by atoms with Gasteiger partial charge in [0.05, 0.1) is 5.69 Å². The lowest BCUT2D eigenvalue weighted by Crippen LogP contribution is -2.29. The number of rotatable bonds is 9. The molecule has 0 aliphatic heterocycles. The highest BCUT2D eigenvalue weighted by Gasteiger charge is 2.20. The third-order valence-electron chi connectivity index (χ3n) is 6.23. The van der Waals surface area contributed by atoms with Crippen molar-refractivity contribution >= 4 is 32.9 Å². The topological polar surface area (TPSA) is 97.1 Å². The summed E-state index contributed by atoms with van der Waals surface area (Å²) in [6, 6.07) is 15.0. The largest absolute Gasteiger partial charge is 0.384 e. The molecule has 0 amide bonds. The number of pyridine rings is 1. The number of benzene rings is 1.